The zero-order valence-electron chi connectivity index (χ0n) is 14.1. The number of ether oxygens (including phenoxy) is 1. The molecule has 0 unspecified atom stereocenters. The fourth-order valence-corrected chi connectivity index (χ4v) is 2.71. The van der Waals surface area contributed by atoms with Gasteiger partial charge in [0.2, 0.25) is 0 Å². The number of amidine groups is 2. The van der Waals surface area contributed by atoms with Crippen LogP contribution in [0.25, 0.3) is 0 Å². The van der Waals surface area contributed by atoms with E-state index in [1.54, 1.807) is 13.2 Å². The topological polar surface area (TPSA) is 46.0 Å². The van der Waals surface area contributed by atoms with E-state index in [9.17, 15) is 4.39 Å². The van der Waals surface area contributed by atoms with Crippen molar-refractivity contribution in [3.8, 4) is 5.75 Å². The molecule has 1 aliphatic rings. The van der Waals surface area contributed by atoms with Gasteiger partial charge in [0.15, 0.2) is 5.84 Å². The zero-order valence-corrected chi connectivity index (χ0v) is 14.1. The lowest BCUT2D eigenvalue weighted by Gasteiger charge is -2.09. The number of anilines is 1. The second-order valence-electron chi connectivity index (χ2n) is 5.78. The highest BCUT2D eigenvalue weighted by molar-refractivity contribution is 6.19. The maximum Gasteiger partial charge on any atom is 0.162 e. The molecule has 3 aromatic carbocycles. The lowest BCUT2D eigenvalue weighted by atomic mass is 10.2. The normalized spacial score (nSPS) is 13.0. The summed E-state index contributed by atoms with van der Waals surface area (Å²) in [5.41, 5.74) is 2.95. The van der Waals surface area contributed by atoms with Gasteiger partial charge < -0.3 is 10.1 Å². The first kappa shape index (κ1) is 16.0. The number of fused-ring (bicyclic) bond motifs is 1. The average molecular weight is 345 g/mol. The molecule has 0 aromatic heterocycles. The van der Waals surface area contributed by atoms with Gasteiger partial charge in [0.25, 0.3) is 0 Å². The number of methoxy groups -OCH3 is 1. The van der Waals surface area contributed by atoms with Gasteiger partial charge in [-0.05, 0) is 42.5 Å². The van der Waals surface area contributed by atoms with Crippen LogP contribution >= 0.6 is 0 Å². The van der Waals surface area contributed by atoms with E-state index in [0.29, 0.717) is 23.0 Å². The van der Waals surface area contributed by atoms with E-state index >= 15 is 0 Å². The highest BCUT2D eigenvalue weighted by atomic mass is 19.1. The fraction of sp³-hybridized carbons (Fsp3) is 0.0476. The Balaban J connectivity index is 1.86. The second kappa shape index (κ2) is 6.80. The third kappa shape index (κ3) is 3.19. The van der Waals surface area contributed by atoms with Crippen molar-refractivity contribution in [1.82, 2.24) is 0 Å². The molecule has 5 heteroatoms. The molecule has 4 nitrogen and oxygen atoms in total. The van der Waals surface area contributed by atoms with Gasteiger partial charge in [-0.15, -0.1) is 0 Å². The zero-order chi connectivity index (χ0) is 17.9. The third-order valence-corrected chi connectivity index (χ3v) is 4.05. The summed E-state index contributed by atoms with van der Waals surface area (Å²) in [6.07, 6.45) is 0. The summed E-state index contributed by atoms with van der Waals surface area (Å²) in [4.78, 5) is 9.35. The fourth-order valence-electron chi connectivity index (χ4n) is 2.71. The summed E-state index contributed by atoms with van der Waals surface area (Å²) >= 11 is 0. The van der Waals surface area contributed by atoms with E-state index in [2.05, 4.69) is 10.3 Å². The van der Waals surface area contributed by atoms with Gasteiger partial charge in [-0.2, -0.15) is 0 Å². The first-order valence-electron chi connectivity index (χ1n) is 8.17. The summed E-state index contributed by atoms with van der Waals surface area (Å²) in [6, 6.07) is 21.7. The van der Waals surface area contributed by atoms with Crippen LogP contribution in [-0.4, -0.2) is 18.8 Å². The molecular formula is C21H16FN3O. The quantitative estimate of drug-likeness (QED) is 0.742. The molecule has 1 N–H and O–H groups in total. The van der Waals surface area contributed by atoms with Crippen LogP contribution < -0.4 is 10.1 Å². The summed E-state index contributed by atoms with van der Waals surface area (Å²) in [7, 11) is 1.62. The van der Waals surface area contributed by atoms with Crippen molar-refractivity contribution < 1.29 is 9.13 Å². The van der Waals surface area contributed by atoms with E-state index in [1.165, 1.54) is 12.1 Å². The number of nitrogens with zero attached hydrogens (tertiary/aromatic N) is 2. The summed E-state index contributed by atoms with van der Waals surface area (Å²) in [5, 5.41) is 3.21. The lowest BCUT2D eigenvalue weighted by molar-refractivity contribution is 0.415. The molecule has 26 heavy (non-hydrogen) atoms. The van der Waals surface area contributed by atoms with Gasteiger partial charge in [-0.1, -0.05) is 30.3 Å². The Bertz CT molecular complexity index is 996. The van der Waals surface area contributed by atoms with Crippen molar-refractivity contribution in [3.63, 3.8) is 0 Å². The van der Waals surface area contributed by atoms with Gasteiger partial charge in [0, 0.05) is 11.1 Å². The number of rotatable bonds is 3. The van der Waals surface area contributed by atoms with Crippen LogP contribution in [0.1, 0.15) is 11.1 Å². The van der Waals surface area contributed by atoms with E-state index in [4.69, 9.17) is 9.73 Å². The molecule has 1 aliphatic heterocycles. The molecule has 1 heterocycles. The largest absolute Gasteiger partial charge is 0.497 e. The van der Waals surface area contributed by atoms with Gasteiger partial charge >= 0.3 is 0 Å². The SMILES string of the molecule is COc1ccc(C2=Nc3ccc(F)cc3NC(c3ccccc3)=N2)cc1. The Morgan fingerprint density at radius 2 is 1.62 bits per heavy atom. The molecule has 4 rings (SSSR count). The predicted molar refractivity (Wildman–Crippen MR) is 102 cm³/mol. The van der Waals surface area contributed by atoms with Crippen molar-refractivity contribution in [2.45, 2.75) is 0 Å². The van der Waals surface area contributed by atoms with E-state index in [1.807, 2.05) is 54.6 Å². The first-order chi connectivity index (χ1) is 12.7. The highest BCUT2D eigenvalue weighted by Crippen LogP contribution is 2.30. The molecule has 0 aliphatic carbocycles. The maximum absolute atomic E-state index is 13.7. The Morgan fingerprint density at radius 3 is 2.35 bits per heavy atom. The van der Waals surface area contributed by atoms with Crippen molar-refractivity contribution in [2.75, 3.05) is 12.4 Å². The first-order valence-corrected chi connectivity index (χ1v) is 8.17. The Labute approximate surface area is 150 Å². The summed E-state index contributed by atoms with van der Waals surface area (Å²) in [6.45, 7) is 0. The minimum atomic E-state index is -0.327. The smallest absolute Gasteiger partial charge is 0.162 e. The molecule has 0 amide bonds. The number of hydrogen-bond donors (Lipinski definition) is 1. The molecular weight excluding hydrogens is 329 g/mol. The van der Waals surface area contributed by atoms with Gasteiger partial charge in [0.1, 0.15) is 17.4 Å². The average Bonchev–Trinajstić information content (AvgIpc) is 2.88. The van der Waals surface area contributed by atoms with Crippen LogP contribution in [0.3, 0.4) is 0 Å². The Kier molecular flexibility index (Phi) is 4.19. The predicted octanol–water partition coefficient (Wildman–Crippen LogP) is 4.78. The second-order valence-corrected chi connectivity index (χ2v) is 5.78. The third-order valence-electron chi connectivity index (χ3n) is 4.05. The number of aliphatic imine (C=N–C) groups is 2. The summed E-state index contributed by atoms with van der Waals surface area (Å²) < 4.78 is 18.9. The van der Waals surface area contributed by atoms with E-state index in [-0.39, 0.29) is 5.82 Å². The van der Waals surface area contributed by atoms with Crippen molar-refractivity contribution in [1.29, 1.82) is 0 Å². The van der Waals surface area contributed by atoms with Gasteiger partial charge in [-0.3, -0.25) is 0 Å². The van der Waals surface area contributed by atoms with Crippen LogP contribution in [0.4, 0.5) is 15.8 Å². The number of nitrogens with one attached hydrogen (secondary N) is 1. The number of halogens is 1. The summed E-state index contributed by atoms with van der Waals surface area (Å²) in [5.74, 6) is 1.59. The van der Waals surface area contributed by atoms with E-state index in [0.717, 1.165) is 16.9 Å². The van der Waals surface area contributed by atoms with Crippen molar-refractivity contribution >= 4 is 23.0 Å². The van der Waals surface area contributed by atoms with Crippen LogP contribution in [-0.2, 0) is 0 Å². The molecule has 0 fully saturated rings. The minimum Gasteiger partial charge on any atom is -0.497 e. The monoisotopic (exact) mass is 345 g/mol. The van der Waals surface area contributed by atoms with Crippen LogP contribution in [0.15, 0.2) is 82.8 Å². The molecule has 128 valence electrons. The Morgan fingerprint density at radius 1 is 0.846 bits per heavy atom. The minimum absolute atomic E-state index is 0.327. The van der Waals surface area contributed by atoms with Crippen LogP contribution in [0, 0.1) is 5.82 Å². The van der Waals surface area contributed by atoms with Gasteiger partial charge in [-0.25, -0.2) is 14.4 Å². The highest BCUT2D eigenvalue weighted by Gasteiger charge is 2.16. The Hall–Kier alpha value is -3.47. The molecule has 0 spiro atoms. The van der Waals surface area contributed by atoms with Crippen molar-refractivity contribution in [3.05, 3.63) is 89.7 Å². The number of benzene rings is 3. The standard InChI is InChI=1S/C21H16FN3O/c1-26-17-10-7-15(8-11-17)21-23-18-12-9-16(22)13-19(18)24-20(25-21)14-5-3-2-4-6-14/h2-13H,1H3,(H,23,24,25). The van der Waals surface area contributed by atoms with Crippen LogP contribution in [0.2, 0.25) is 0 Å². The molecule has 3 aromatic rings. The molecule has 0 atom stereocenters. The lowest BCUT2D eigenvalue weighted by Crippen LogP contribution is -2.15. The van der Waals surface area contributed by atoms with Crippen molar-refractivity contribution in [2.24, 2.45) is 9.98 Å². The molecule has 0 bridgehead atoms. The molecule has 0 saturated heterocycles. The van der Waals surface area contributed by atoms with Gasteiger partial charge in [0.05, 0.1) is 18.5 Å². The maximum atomic E-state index is 13.7. The number of hydrogen-bond acceptors (Lipinski definition) is 4. The molecule has 0 saturated carbocycles. The van der Waals surface area contributed by atoms with Crippen LogP contribution in [0.5, 0.6) is 5.75 Å². The molecule has 0 radical (unpaired) electrons. The van der Waals surface area contributed by atoms with E-state index < -0.39 is 0 Å².